The molecule has 1 rings (SSSR count). The molecule has 0 saturated carbocycles. The summed E-state index contributed by atoms with van der Waals surface area (Å²) in [5.41, 5.74) is 0.293. The molecule has 0 fully saturated rings. The fraction of sp³-hybridized carbons (Fsp3) is 0.333. The molecule has 0 amide bonds. The second-order valence-electron chi connectivity index (χ2n) is 2.65. The third kappa shape index (κ3) is 2.39. The number of rotatable bonds is 3. The molecule has 1 nitrogen and oxygen atoms in total. The van der Waals surface area contributed by atoms with Crippen LogP contribution in [0.1, 0.15) is 11.5 Å². The largest absolute Gasteiger partial charge is 0.396 e. The van der Waals surface area contributed by atoms with Crippen LogP contribution in [0.25, 0.3) is 0 Å². The number of aliphatic hydroxyl groups excluding tert-OH is 1. The Hall–Kier alpha value is -0.670. The Morgan fingerprint density at radius 1 is 1.31 bits per heavy atom. The van der Waals surface area contributed by atoms with E-state index in [2.05, 4.69) is 0 Å². The van der Waals surface area contributed by atoms with Crippen molar-refractivity contribution in [3.63, 3.8) is 0 Å². The minimum Gasteiger partial charge on any atom is -0.396 e. The van der Waals surface area contributed by atoms with Crippen molar-refractivity contribution in [2.45, 2.75) is 12.3 Å². The second-order valence-corrected chi connectivity index (χ2v) is 3.05. The van der Waals surface area contributed by atoms with Crippen LogP contribution in [0.15, 0.2) is 24.3 Å². The number of hydrogen-bond acceptors (Lipinski definition) is 1. The van der Waals surface area contributed by atoms with Crippen LogP contribution in [-0.4, -0.2) is 18.1 Å². The summed E-state index contributed by atoms with van der Waals surface area (Å²) in [7, 11) is 0. The van der Waals surface area contributed by atoms with E-state index in [9.17, 15) is 8.78 Å². The van der Waals surface area contributed by atoms with Gasteiger partial charge in [0.05, 0.1) is 12.5 Å². The van der Waals surface area contributed by atoms with Gasteiger partial charge in [-0.2, -0.15) is 0 Å². The first-order valence-electron chi connectivity index (χ1n) is 3.80. The Morgan fingerprint density at radius 3 is 2.38 bits per heavy atom. The Balaban J connectivity index is 2.97. The summed E-state index contributed by atoms with van der Waals surface area (Å²) >= 11 is 5.70. The monoisotopic (exact) mass is 206 g/mol. The van der Waals surface area contributed by atoms with Gasteiger partial charge in [0.15, 0.2) is 0 Å². The van der Waals surface area contributed by atoms with Gasteiger partial charge in [-0.05, 0) is 11.6 Å². The lowest BCUT2D eigenvalue weighted by molar-refractivity contribution is 0.0811. The molecule has 0 aliphatic heterocycles. The summed E-state index contributed by atoms with van der Waals surface area (Å²) < 4.78 is 24.7. The van der Waals surface area contributed by atoms with E-state index in [0.717, 1.165) is 0 Å². The van der Waals surface area contributed by atoms with Crippen LogP contribution >= 0.6 is 11.6 Å². The van der Waals surface area contributed by atoms with Gasteiger partial charge in [0.2, 0.25) is 6.43 Å². The number of halogens is 3. The van der Waals surface area contributed by atoms with Crippen LogP contribution in [0.2, 0.25) is 5.02 Å². The Morgan fingerprint density at radius 2 is 1.92 bits per heavy atom. The molecule has 0 radical (unpaired) electrons. The van der Waals surface area contributed by atoms with Gasteiger partial charge in [-0.15, -0.1) is 0 Å². The van der Waals surface area contributed by atoms with Crippen LogP contribution in [0.3, 0.4) is 0 Å². The van der Waals surface area contributed by atoms with Crippen molar-refractivity contribution in [3.8, 4) is 0 Å². The Bertz CT molecular complexity index is 278. The molecule has 0 saturated heterocycles. The van der Waals surface area contributed by atoms with Crippen LogP contribution in [0.5, 0.6) is 0 Å². The van der Waals surface area contributed by atoms with Crippen LogP contribution < -0.4 is 0 Å². The molecular weight excluding hydrogens is 198 g/mol. The molecular formula is C9H9ClF2O. The molecule has 0 bridgehead atoms. The minimum atomic E-state index is -2.59. The molecule has 0 spiro atoms. The van der Waals surface area contributed by atoms with Crippen molar-refractivity contribution in [1.29, 1.82) is 0 Å². The average molecular weight is 207 g/mol. The van der Waals surface area contributed by atoms with E-state index >= 15 is 0 Å². The van der Waals surface area contributed by atoms with Crippen LogP contribution in [0, 0.1) is 0 Å². The summed E-state index contributed by atoms with van der Waals surface area (Å²) in [6.45, 7) is -0.596. The predicted molar refractivity (Wildman–Crippen MR) is 47.3 cm³/mol. The average Bonchev–Trinajstić information content (AvgIpc) is 2.09. The van der Waals surface area contributed by atoms with Gasteiger partial charge in [0.1, 0.15) is 0 Å². The third-order valence-corrected chi connectivity index (χ3v) is 2.15. The normalized spacial score (nSPS) is 13.3. The van der Waals surface area contributed by atoms with Gasteiger partial charge in [-0.1, -0.05) is 29.8 Å². The van der Waals surface area contributed by atoms with Crippen LogP contribution in [0.4, 0.5) is 8.78 Å². The molecule has 0 aromatic heterocycles. The van der Waals surface area contributed by atoms with E-state index in [4.69, 9.17) is 16.7 Å². The van der Waals surface area contributed by atoms with Crippen LogP contribution in [-0.2, 0) is 0 Å². The second kappa shape index (κ2) is 4.53. The highest BCUT2D eigenvalue weighted by Gasteiger charge is 2.23. The summed E-state index contributed by atoms with van der Waals surface area (Å²) in [6.07, 6.45) is -2.59. The number of benzene rings is 1. The number of hydrogen-bond donors (Lipinski definition) is 1. The van der Waals surface area contributed by atoms with E-state index in [1.807, 2.05) is 0 Å². The van der Waals surface area contributed by atoms with Gasteiger partial charge in [-0.25, -0.2) is 8.78 Å². The van der Waals surface area contributed by atoms with Gasteiger partial charge in [0.25, 0.3) is 0 Å². The zero-order valence-electron chi connectivity index (χ0n) is 6.75. The Labute approximate surface area is 80.0 Å². The van der Waals surface area contributed by atoms with Gasteiger partial charge >= 0.3 is 0 Å². The molecule has 4 heteroatoms. The maximum Gasteiger partial charge on any atom is 0.247 e. The van der Waals surface area contributed by atoms with Crippen molar-refractivity contribution in [3.05, 3.63) is 34.9 Å². The zero-order valence-corrected chi connectivity index (χ0v) is 7.51. The van der Waals surface area contributed by atoms with E-state index in [1.165, 1.54) is 12.1 Å². The SMILES string of the molecule is OCC(c1ccccc1Cl)C(F)F. The standard InChI is InChI=1S/C9H9ClF2O/c10-8-4-2-1-3-6(8)7(5-13)9(11)12/h1-4,7,9,13H,5H2. The van der Waals surface area contributed by atoms with E-state index in [-0.39, 0.29) is 5.02 Å². The number of alkyl halides is 2. The Kier molecular flexibility index (Phi) is 3.63. The van der Waals surface area contributed by atoms with Crippen molar-refractivity contribution in [2.24, 2.45) is 0 Å². The molecule has 13 heavy (non-hydrogen) atoms. The molecule has 1 aromatic rings. The maximum atomic E-state index is 12.3. The lowest BCUT2D eigenvalue weighted by atomic mass is 10.0. The summed E-state index contributed by atoms with van der Waals surface area (Å²) in [4.78, 5) is 0. The predicted octanol–water partition coefficient (Wildman–Crippen LogP) is 2.68. The molecule has 1 atom stereocenters. The van der Waals surface area contributed by atoms with E-state index in [0.29, 0.717) is 5.56 Å². The molecule has 0 heterocycles. The molecule has 1 N–H and O–H groups in total. The quantitative estimate of drug-likeness (QED) is 0.806. The van der Waals surface area contributed by atoms with Gasteiger partial charge in [-0.3, -0.25) is 0 Å². The summed E-state index contributed by atoms with van der Waals surface area (Å²) in [6, 6.07) is 6.30. The number of aliphatic hydroxyl groups is 1. The molecule has 72 valence electrons. The van der Waals surface area contributed by atoms with Crippen molar-refractivity contribution in [2.75, 3.05) is 6.61 Å². The molecule has 1 aromatic carbocycles. The first kappa shape index (κ1) is 10.4. The maximum absolute atomic E-state index is 12.3. The molecule has 0 aliphatic rings. The van der Waals surface area contributed by atoms with Gasteiger partial charge in [0, 0.05) is 5.02 Å². The minimum absolute atomic E-state index is 0.266. The van der Waals surface area contributed by atoms with Crippen molar-refractivity contribution in [1.82, 2.24) is 0 Å². The van der Waals surface area contributed by atoms with Crippen molar-refractivity contribution < 1.29 is 13.9 Å². The van der Waals surface area contributed by atoms with Gasteiger partial charge < -0.3 is 5.11 Å². The fourth-order valence-electron chi connectivity index (χ4n) is 1.09. The smallest absolute Gasteiger partial charge is 0.247 e. The molecule has 1 unspecified atom stereocenters. The molecule has 0 aliphatic carbocycles. The summed E-state index contributed by atoms with van der Waals surface area (Å²) in [5, 5.41) is 9.00. The van der Waals surface area contributed by atoms with Crippen molar-refractivity contribution >= 4 is 11.6 Å². The topological polar surface area (TPSA) is 20.2 Å². The van der Waals surface area contributed by atoms with E-state index < -0.39 is 19.0 Å². The fourth-order valence-corrected chi connectivity index (χ4v) is 1.37. The lowest BCUT2D eigenvalue weighted by Gasteiger charge is -2.14. The lowest BCUT2D eigenvalue weighted by Crippen LogP contribution is -2.13. The highest BCUT2D eigenvalue weighted by atomic mass is 35.5. The zero-order chi connectivity index (χ0) is 9.84. The highest BCUT2D eigenvalue weighted by Crippen LogP contribution is 2.28. The first-order valence-corrected chi connectivity index (χ1v) is 4.18. The van der Waals surface area contributed by atoms with E-state index in [1.54, 1.807) is 12.1 Å². The highest BCUT2D eigenvalue weighted by molar-refractivity contribution is 6.31. The first-order chi connectivity index (χ1) is 6.16. The third-order valence-electron chi connectivity index (χ3n) is 1.81. The summed E-state index contributed by atoms with van der Waals surface area (Å²) in [5.74, 6) is -1.19.